The summed E-state index contributed by atoms with van der Waals surface area (Å²) in [6.07, 6.45) is 0. The topological polar surface area (TPSA) is 40.7 Å². The number of benzene rings is 1. The Morgan fingerprint density at radius 1 is 1.41 bits per heavy atom. The maximum atomic E-state index is 13.3. The zero-order valence-electron chi connectivity index (χ0n) is 9.64. The summed E-state index contributed by atoms with van der Waals surface area (Å²) in [4.78, 5) is 0. The van der Waals surface area contributed by atoms with Gasteiger partial charge in [-0.2, -0.15) is 5.10 Å². The minimum Gasteiger partial charge on any atom is -0.378 e. The van der Waals surface area contributed by atoms with Gasteiger partial charge in [0.05, 0.1) is 21.5 Å². The Hall–Kier alpha value is -1.36. The molecule has 2 rings (SSSR count). The molecule has 0 saturated heterocycles. The van der Waals surface area contributed by atoms with E-state index in [2.05, 4.69) is 31.4 Å². The van der Waals surface area contributed by atoms with E-state index in [1.165, 1.54) is 6.07 Å². The Kier molecular flexibility index (Phi) is 3.47. The van der Waals surface area contributed by atoms with Gasteiger partial charge in [-0.15, -0.1) is 0 Å². The summed E-state index contributed by atoms with van der Waals surface area (Å²) in [5, 5.41) is 10.2. The molecule has 1 aromatic heterocycles. The van der Waals surface area contributed by atoms with Gasteiger partial charge < -0.3 is 5.32 Å². The number of H-pyrrole nitrogens is 1. The first-order valence-electron chi connectivity index (χ1n) is 5.27. The van der Waals surface area contributed by atoms with Crippen LogP contribution >= 0.6 is 15.9 Å². The fourth-order valence-corrected chi connectivity index (χ4v) is 1.90. The van der Waals surface area contributed by atoms with Crippen LogP contribution in [0.3, 0.4) is 0 Å². The molecule has 0 saturated carbocycles. The van der Waals surface area contributed by atoms with Crippen molar-refractivity contribution in [2.75, 3.05) is 5.32 Å². The highest BCUT2D eigenvalue weighted by Crippen LogP contribution is 2.19. The predicted molar refractivity (Wildman–Crippen MR) is 69.5 cm³/mol. The fraction of sp³-hybridized carbons (Fsp3) is 0.250. The number of hydrogen-bond acceptors (Lipinski definition) is 2. The Balaban J connectivity index is 2.10. The first-order valence-corrected chi connectivity index (χ1v) is 6.06. The van der Waals surface area contributed by atoms with E-state index in [1.54, 1.807) is 6.07 Å². The summed E-state index contributed by atoms with van der Waals surface area (Å²) >= 11 is 3.13. The monoisotopic (exact) mass is 297 g/mol. The van der Waals surface area contributed by atoms with Gasteiger partial charge >= 0.3 is 0 Å². The molecule has 0 spiro atoms. The van der Waals surface area contributed by atoms with Crippen LogP contribution < -0.4 is 5.32 Å². The van der Waals surface area contributed by atoms with Crippen LogP contribution in [-0.4, -0.2) is 10.2 Å². The number of halogens is 2. The van der Waals surface area contributed by atoms with Crippen molar-refractivity contribution in [2.24, 2.45) is 0 Å². The maximum absolute atomic E-state index is 13.3. The van der Waals surface area contributed by atoms with Crippen LogP contribution in [0.2, 0.25) is 0 Å². The smallest absolute Gasteiger partial charge is 0.137 e. The van der Waals surface area contributed by atoms with Crippen LogP contribution in [-0.2, 0) is 6.54 Å². The molecule has 5 heteroatoms. The lowest BCUT2D eigenvalue weighted by atomic mass is 10.2. The van der Waals surface area contributed by atoms with Crippen molar-refractivity contribution in [3.8, 4) is 0 Å². The van der Waals surface area contributed by atoms with Gasteiger partial charge in [0.25, 0.3) is 0 Å². The Morgan fingerprint density at radius 2 is 2.18 bits per heavy atom. The molecule has 90 valence electrons. The van der Waals surface area contributed by atoms with Crippen molar-refractivity contribution in [1.29, 1.82) is 0 Å². The molecule has 0 atom stereocenters. The quantitative estimate of drug-likeness (QED) is 0.910. The van der Waals surface area contributed by atoms with E-state index in [0.29, 0.717) is 11.0 Å². The van der Waals surface area contributed by atoms with Crippen LogP contribution in [0, 0.1) is 19.7 Å². The van der Waals surface area contributed by atoms with Gasteiger partial charge in [0, 0.05) is 6.54 Å². The summed E-state index contributed by atoms with van der Waals surface area (Å²) in [5.74, 6) is -0.245. The molecular weight excluding hydrogens is 285 g/mol. The molecule has 0 unspecified atom stereocenters. The molecule has 2 aromatic rings. The van der Waals surface area contributed by atoms with Crippen LogP contribution in [0.4, 0.5) is 10.1 Å². The van der Waals surface area contributed by atoms with E-state index in [4.69, 9.17) is 0 Å². The van der Waals surface area contributed by atoms with Crippen molar-refractivity contribution in [1.82, 2.24) is 10.2 Å². The lowest BCUT2D eigenvalue weighted by Crippen LogP contribution is -2.01. The molecule has 1 heterocycles. The molecule has 0 fully saturated rings. The number of anilines is 1. The normalized spacial score (nSPS) is 10.6. The second kappa shape index (κ2) is 4.87. The Bertz CT molecular complexity index is 517. The molecule has 3 nitrogen and oxygen atoms in total. The number of nitrogens with zero attached hydrogens (tertiary/aromatic N) is 1. The van der Waals surface area contributed by atoms with Gasteiger partial charge in [0.2, 0.25) is 0 Å². The highest BCUT2D eigenvalue weighted by Gasteiger charge is 2.06. The molecule has 17 heavy (non-hydrogen) atoms. The number of rotatable bonds is 3. The van der Waals surface area contributed by atoms with Gasteiger partial charge in [-0.05, 0) is 47.5 Å². The lowest BCUT2D eigenvalue weighted by molar-refractivity contribution is 0.619. The zero-order valence-corrected chi connectivity index (χ0v) is 11.2. The minimum absolute atomic E-state index is 0.245. The van der Waals surface area contributed by atoms with Crippen molar-refractivity contribution in [3.63, 3.8) is 0 Å². The van der Waals surface area contributed by atoms with E-state index in [9.17, 15) is 4.39 Å². The minimum atomic E-state index is -0.245. The average Bonchev–Trinajstić information content (AvgIpc) is 2.61. The molecule has 1 aromatic carbocycles. The fourth-order valence-electron chi connectivity index (χ4n) is 1.65. The predicted octanol–water partition coefficient (Wildman–Crippen LogP) is 3.54. The van der Waals surface area contributed by atoms with Crippen molar-refractivity contribution < 1.29 is 4.39 Å². The number of aromatic nitrogens is 2. The molecule has 0 aliphatic carbocycles. The molecular formula is C12H13BrFN3. The van der Waals surface area contributed by atoms with E-state index >= 15 is 0 Å². The van der Waals surface area contributed by atoms with Gasteiger partial charge in [-0.1, -0.05) is 6.07 Å². The number of aryl methyl sites for hydroxylation is 2. The summed E-state index contributed by atoms with van der Waals surface area (Å²) in [7, 11) is 0. The number of aromatic amines is 1. The third-order valence-electron chi connectivity index (χ3n) is 2.58. The molecule has 0 aliphatic rings. The van der Waals surface area contributed by atoms with Crippen LogP contribution in [0.25, 0.3) is 0 Å². The van der Waals surface area contributed by atoms with Crippen molar-refractivity contribution in [3.05, 3.63) is 45.4 Å². The lowest BCUT2D eigenvalue weighted by Gasteiger charge is -2.07. The Morgan fingerprint density at radius 3 is 2.76 bits per heavy atom. The largest absolute Gasteiger partial charge is 0.378 e. The second-order valence-corrected chi connectivity index (χ2v) is 4.77. The van der Waals surface area contributed by atoms with E-state index in [1.807, 2.05) is 19.9 Å². The van der Waals surface area contributed by atoms with Crippen LogP contribution in [0.1, 0.15) is 17.0 Å². The van der Waals surface area contributed by atoms with Crippen molar-refractivity contribution >= 4 is 21.6 Å². The highest BCUT2D eigenvalue weighted by molar-refractivity contribution is 9.10. The van der Waals surface area contributed by atoms with Crippen LogP contribution in [0.15, 0.2) is 22.7 Å². The highest BCUT2D eigenvalue weighted by atomic mass is 79.9. The zero-order chi connectivity index (χ0) is 12.4. The third-order valence-corrected chi connectivity index (χ3v) is 3.22. The van der Waals surface area contributed by atoms with E-state index in [0.717, 1.165) is 22.6 Å². The van der Waals surface area contributed by atoms with Gasteiger partial charge in [0.1, 0.15) is 5.82 Å². The first-order chi connectivity index (χ1) is 8.08. The number of hydrogen-bond donors (Lipinski definition) is 2. The van der Waals surface area contributed by atoms with Gasteiger partial charge in [-0.25, -0.2) is 4.39 Å². The van der Waals surface area contributed by atoms with E-state index < -0.39 is 0 Å². The standard InChI is InChI=1S/C12H13BrFN3/c1-7-12(8(2)17-16-7)15-6-9-3-4-10(13)11(14)5-9/h3-5,15H,6H2,1-2H3,(H,16,17). The van der Waals surface area contributed by atoms with E-state index in [-0.39, 0.29) is 5.82 Å². The molecule has 0 radical (unpaired) electrons. The molecule has 0 amide bonds. The molecule has 2 N–H and O–H groups in total. The summed E-state index contributed by atoms with van der Waals surface area (Å²) < 4.78 is 13.8. The third kappa shape index (κ3) is 2.66. The SMILES string of the molecule is Cc1n[nH]c(C)c1NCc1ccc(Br)c(F)c1. The maximum Gasteiger partial charge on any atom is 0.137 e. The molecule has 0 aliphatic heterocycles. The Labute approximate surface area is 108 Å². The van der Waals surface area contributed by atoms with Gasteiger partial charge in [-0.3, -0.25) is 5.10 Å². The van der Waals surface area contributed by atoms with Crippen molar-refractivity contribution in [2.45, 2.75) is 20.4 Å². The molecule has 0 bridgehead atoms. The second-order valence-electron chi connectivity index (χ2n) is 3.91. The first kappa shape index (κ1) is 12.1. The van der Waals surface area contributed by atoms with Gasteiger partial charge in [0.15, 0.2) is 0 Å². The number of nitrogens with one attached hydrogen (secondary N) is 2. The summed E-state index contributed by atoms with van der Waals surface area (Å²) in [5.41, 5.74) is 3.78. The average molecular weight is 298 g/mol. The summed E-state index contributed by atoms with van der Waals surface area (Å²) in [6.45, 7) is 4.45. The van der Waals surface area contributed by atoms with Crippen LogP contribution in [0.5, 0.6) is 0 Å². The summed E-state index contributed by atoms with van der Waals surface area (Å²) in [6, 6.07) is 5.11.